The highest BCUT2D eigenvalue weighted by Gasteiger charge is 2.22. The minimum Gasteiger partial charge on any atom is -0.548 e. The van der Waals surface area contributed by atoms with E-state index >= 15 is 0 Å². The Hall–Kier alpha value is -3.47. The lowest BCUT2D eigenvalue weighted by Crippen LogP contribution is -2.52. The van der Waals surface area contributed by atoms with Crippen LogP contribution in [0.2, 0.25) is 0 Å². The van der Waals surface area contributed by atoms with Crippen molar-refractivity contribution < 1.29 is 28.8 Å². The van der Waals surface area contributed by atoms with Crippen LogP contribution in [-0.4, -0.2) is 28.7 Å². The van der Waals surface area contributed by atoms with Crippen molar-refractivity contribution in [3.63, 3.8) is 0 Å². The average Bonchev–Trinajstić information content (AvgIpc) is 3.11. The molecular formula is C19H17BrN3O7-. The van der Waals surface area contributed by atoms with Gasteiger partial charge in [-0.3, -0.25) is 19.7 Å². The normalized spacial score (nSPS) is 12.3. The van der Waals surface area contributed by atoms with Crippen LogP contribution in [0.25, 0.3) is 6.08 Å². The number of nitrogens with one attached hydrogen (secondary N) is 2. The Morgan fingerprint density at radius 2 is 1.77 bits per heavy atom. The minimum absolute atomic E-state index is 0.0930. The van der Waals surface area contributed by atoms with Crippen molar-refractivity contribution in [1.82, 2.24) is 10.6 Å². The molecule has 0 saturated carbocycles. The smallest absolute Gasteiger partial charge is 0.291 e. The number of benzene rings is 1. The van der Waals surface area contributed by atoms with E-state index in [1.165, 1.54) is 42.5 Å². The van der Waals surface area contributed by atoms with Crippen molar-refractivity contribution in [3.05, 3.63) is 68.2 Å². The van der Waals surface area contributed by atoms with Crippen LogP contribution in [0.3, 0.4) is 0 Å². The third-order valence-corrected chi connectivity index (χ3v) is 4.34. The van der Waals surface area contributed by atoms with Crippen LogP contribution in [-0.2, 0) is 9.59 Å². The fourth-order valence-electron chi connectivity index (χ4n) is 2.35. The summed E-state index contributed by atoms with van der Waals surface area (Å²) in [7, 11) is 0. The summed E-state index contributed by atoms with van der Waals surface area (Å²) in [4.78, 5) is 46.6. The molecule has 158 valence electrons. The zero-order valence-corrected chi connectivity index (χ0v) is 17.5. The molecule has 2 aromatic rings. The second kappa shape index (κ2) is 9.83. The maximum absolute atomic E-state index is 12.7. The Kier molecular flexibility index (Phi) is 7.48. The summed E-state index contributed by atoms with van der Waals surface area (Å²) in [6.07, 6.45) is 1.25. The Balaban J connectivity index is 2.35. The monoisotopic (exact) mass is 478 g/mol. The standard InChI is InChI=1S/C19H18BrN3O7/c1-10(2)16(19(26)27)22-17(24)13(21-18(25)14-7-8-15(20)30-14)9-11-3-5-12(6-4-11)23(28)29/h3-10,16H,1-2H3,(H,21,25)(H,22,24)(H,26,27)/p-1/b13-9-/t16-/m0/s1. The first-order chi connectivity index (χ1) is 14.1. The molecule has 1 aromatic heterocycles. The zero-order chi connectivity index (χ0) is 22.4. The Bertz CT molecular complexity index is 996. The lowest BCUT2D eigenvalue weighted by Gasteiger charge is -2.24. The summed E-state index contributed by atoms with van der Waals surface area (Å²) in [6, 6.07) is 6.76. The quantitative estimate of drug-likeness (QED) is 0.331. The zero-order valence-electron chi connectivity index (χ0n) is 15.9. The molecule has 2 amide bonds. The molecule has 0 saturated heterocycles. The van der Waals surface area contributed by atoms with E-state index in [0.29, 0.717) is 10.2 Å². The van der Waals surface area contributed by atoms with Gasteiger partial charge in [-0.15, -0.1) is 0 Å². The molecule has 0 spiro atoms. The number of nitrogens with zero attached hydrogens (tertiary/aromatic N) is 1. The molecule has 2 rings (SSSR count). The van der Waals surface area contributed by atoms with Crippen LogP contribution in [0.5, 0.6) is 0 Å². The molecule has 1 heterocycles. The maximum Gasteiger partial charge on any atom is 0.291 e. The summed E-state index contributed by atoms with van der Waals surface area (Å²) < 4.78 is 5.44. The number of hydrogen-bond acceptors (Lipinski definition) is 7. The predicted octanol–water partition coefficient (Wildman–Crippen LogP) is 1.61. The van der Waals surface area contributed by atoms with Gasteiger partial charge in [0, 0.05) is 12.1 Å². The number of furan rings is 1. The highest BCUT2D eigenvalue weighted by atomic mass is 79.9. The number of rotatable bonds is 8. The van der Waals surface area contributed by atoms with E-state index in [2.05, 4.69) is 26.6 Å². The molecular weight excluding hydrogens is 462 g/mol. The molecule has 0 unspecified atom stereocenters. The Morgan fingerprint density at radius 3 is 2.23 bits per heavy atom. The summed E-state index contributed by atoms with van der Waals surface area (Å²) >= 11 is 3.06. The van der Waals surface area contributed by atoms with Crippen molar-refractivity contribution in [2.75, 3.05) is 0 Å². The molecule has 0 aliphatic rings. The van der Waals surface area contributed by atoms with Crippen LogP contribution >= 0.6 is 15.9 Å². The highest BCUT2D eigenvalue weighted by Crippen LogP contribution is 2.16. The fraction of sp³-hybridized carbons (Fsp3) is 0.211. The van der Waals surface area contributed by atoms with Crippen molar-refractivity contribution in [2.45, 2.75) is 19.9 Å². The summed E-state index contributed by atoms with van der Waals surface area (Å²) in [5.41, 5.74) is -0.0751. The van der Waals surface area contributed by atoms with Crippen LogP contribution in [0.4, 0.5) is 5.69 Å². The number of carboxylic acids is 1. The maximum atomic E-state index is 12.7. The number of amides is 2. The number of carboxylic acid groups (broad SMARTS) is 1. The molecule has 0 radical (unpaired) electrons. The van der Waals surface area contributed by atoms with E-state index in [1.807, 2.05) is 0 Å². The largest absolute Gasteiger partial charge is 0.548 e. The number of aliphatic carboxylic acids is 1. The van der Waals surface area contributed by atoms with Gasteiger partial charge in [-0.2, -0.15) is 0 Å². The van der Waals surface area contributed by atoms with Gasteiger partial charge < -0.3 is 25.0 Å². The van der Waals surface area contributed by atoms with Crippen LogP contribution < -0.4 is 15.7 Å². The SMILES string of the molecule is CC(C)[C@H](NC(=O)/C(=C/c1ccc([N+](=O)[O-])cc1)NC(=O)c1ccc(Br)o1)C(=O)[O-]. The van der Waals surface area contributed by atoms with Crippen molar-refractivity contribution in [1.29, 1.82) is 0 Å². The number of carbonyl (C=O) groups is 3. The highest BCUT2D eigenvalue weighted by molar-refractivity contribution is 9.10. The van der Waals surface area contributed by atoms with Crippen LogP contribution in [0.1, 0.15) is 30.0 Å². The van der Waals surface area contributed by atoms with Gasteiger partial charge in [0.1, 0.15) is 5.70 Å². The van der Waals surface area contributed by atoms with E-state index in [4.69, 9.17) is 4.42 Å². The topological polar surface area (TPSA) is 155 Å². The first-order valence-electron chi connectivity index (χ1n) is 8.63. The third-order valence-electron chi connectivity index (χ3n) is 3.91. The van der Waals surface area contributed by atoms with Crippen LogP contribution in [0, 0.1) is 16.0 Å². The van der Waals surface area contributed by atoms with Gasteiger partial charge in [-0.05, 0) is 57.8 Å². The first kappa shape index (κ1) is 22.8. The average molecular weight is 479 g/mol. The molecule has 0 aliphatic heterocycles. The first-order valence-corrected chi connectivity index (χ1v) is 9.42. The van der Waals surface area contributed by atoms with E-state index in [9.17, 15) is 29.6 Å². The number of carbonyl (C=O) groups excluding carboxylic acids is 3. The molecule has 30 heavy (non-hydrogen) atoms. The lowest BCUT2D eigenvalue weighted by molar-refractivity contribution is -0.384. The number of nitro benzene ring substituents is 1. The molecule has 10 nitrogen and oxygen atoms in total. The molecule has 2 N–H and O–H groups in total. The Morgan fingerprint density at radius 1 is 1.13 bits per heavy atom. The second-order valence-electron chi connectivity index (χ2n) is 6.48. The van der Waals surface area contributed by atoms with Gasteiger partial charge in [-0.1, -0.05) is 13.8 Å². The number of hydrogen-bond donors (Lipinski definition) is 2. The number of halogens is 1. The molecule has 11 heteroatoms. The van der Waals surface area contributed by atoms with Gasteiger partial charge in [0.15, 0.2) is 10.4 Å². The summed E-state index contributed by atoms with van der Waals surface area (Å²) in [5.74, 6) is -3.68. The van der Waals surface area contributed by atoms with Crippen molar-refractivity contribution in [2.24, 2.45) is 5.92 Å². The number of non-ortho nitro benzene ring substituents is 1. The fourth-order valence-corrected chi connectivity index (χ4v) is 2.66. The predicted molar refractivity (Wildman–Crippen MR) is 107 cm³/mol. The van der Waals surface area contributed by atoms with Crippen molar-refractivity contribution >= 4 is 45.5 Å². The Labute approximate surface area is 179 Å². The molecule has 0 bridgehead atoms. The number of nitro groups is 1. The van der Waals surface area contributed by atoms with Gasteiger partial charge in [0.05, 0.1) is 16.9 Å². The molecule has 1 aromatic carbocycles. The third kappa shape index (κ3) is 6.01. The van der Waals surface area contributed by atoms with Crippen molar-refractivity contribution in [3.8, 4) is 0 Å². The summed E-state index contributed by atoms with van der Waals surface area (Å²) in [5, 5.41) is 26.7. The van der Waals surface area contributed by atoms with Gasteiger partial charge >= 0.3 is 0 Å². The van der Waals surface area contributed by atoms with E-state index in [1.54, 1.807) is 13.8 Å². The molecule has 1 atom stereocenters. The van der Waals surface area contributed by atoms with Gasteiger partial charge in [0.2, 0.25) is 0 Å². The second-order valence-corrected chi connectivity index (χ2v) is 7.26. The lowest BCUT2D eigenvalue weighted by atomic mass is 10.0. The van der Waals surface area contributed by atoms with E-state index < -0.39 is 34.7 Å². The van der Waals surface area contributed by atoms with Gasteiger partial charge in [-0.25, -0.2) is 0 Å². The summed E-state index contributed by atoms with van der Waals surface area (Å²) in [6.45, 7) is 3.17. The van der Waals surface area contributed by atoms with Crippen LogP contribution in [0.15, 0.2) is 51.2 Å². The molecule has 0 fully saturated rings. The van der Waals surface area contributed by atoms with E-state index in [0.717, 1.165) is 0 Å². The molecule has 0 aliphatic carbocycles. The van der Waals surface area contributed by atoms with Gasteiger partial charge in [0.25, 0.3) is 17.5 Å². The van der Waals surface area contributed by atoms with E-state index in [-0.39, 0.29) is 17.1 Å². The minimum atomic E-state index is -1.48.